The summed E-state index contributed by atoms with van der Waals surface area (Å²) < 4.78 is 43.3. The third-order valence-electron chi connectivity index (χ3n) is 6.78. The maximum absolute atomic E-state index is 14.9. The van der Waals surface area contributed by atoms with Crippen molar-refractivity contribution in [2.45, 2.75) is 69.7 Å². The summed E-state index contributed by atoms with van der Waals surface area (Å²) in [6.07, 6.45) is 7.21. The number of hydrogen-bond donors (Lipinski definition) is 1. The summed E-state index contributed by atoms with van der Waals surface area (Å²) >= 11 is 0. The summed E-state index contributed by atoms with van der Waals surface area (Å²) in [6, 6.07) is 10.2. The number of nitriles is 1. The van der Waals surface area contributed by atoms with E-state index in [0.29, 0.717) is 41.1 Å². The number of rotatable bonds is 9. The second-order valence-electron chi connectivity index (χ2n) is 9.63. The first-order chi connectivity index (χ1) is 17.6. The fraction of sp³-hybridized carbons (Fsp3) is 0.357. The Morgan fingerprint density at radius 3 is 2.43 bits per heavy atom. The summed E-state index contributed by atoms with van der Waals surface area (Å²) in [7, 11) is -3.74. The first-order valence-electron chi connectivity index (χ1n) is 12.3. The molecule has 1 aliphatic rings. The largest absolute Gasteiger partial charge is 0.255 e. The Balaban J connectivity index is 1.91. The van der Waals surface area contributed by atoms with Crippen LogP contribution in [0, 0.1) is 24.1 Å². The first kappa shape index (κ1) is 26.6. The molecule has 0 saturated heterocycles. The highest BCUT2D eigenvalue weighted by Gasteiger charge is 2.41. The molecule has 0 bridgehead atoms. The Morgan fingerprint density at radius 2 is 1.89 bits per heavy atom. The zero-order valence-electron chi connectivity index (χ0n) is 21.4. The van der Waals surface area contributed by atoms with Gasteiger partial charge in [0, 0.05) is 35.6 Å². The lowest BCUT2D eigenvalue weighted by Gasteiger charge is -2.21. The molecule has 0 aliphatic heterocycles. The number of nitrogens with zero attached hydrogens (tertiary/aromatic N) is 4. The van der Waals surface area contributed by atoms with Crippen LogP contribution in [0.3, 0.4) is 0 Å². The Bertz CT molecular complexity index is 1480. The number of benzene rings is 1. The van der Waals surface area contributed by atoms with Gasteiger partial charge in [0.15, 0.2) is 0 Å². The minimum absolute atomic E-state index is 0.0424. The van der Waals surface area contributed by atoms with Gasteiger partial charge >= 0.3 is 0 Å². The van der Waals surface area contributed by atoms with Crippen molar-refractivity contribution >= 4 is 21.2 Å². The highest BCUT2D eigenvalue weighted by molar-refractivity contribution is 7.89. The average Bonchev–Trinajstić information content (AvgIpc) is 3.61. The molecule has 1 saturated carbocycles. The molecule has 1 fully saturated rings. The summed E-state index contributed by atoms with van der Waals surface area (Å²) in [5, 5.41) is 10.4. The van der Waals surface area contributed by atoms with Gasteiger partial charge in [-0.05, 0) is 80.5 Å². The van der Waals surface area contributed by atoms with Gasteiger partial charge in [-0.2, -0.15) is 5.26 Å². The number of hydrogen-bond acceptors (Lipinski definition) is 6. The predicted octanol–water partition coefficient (Wildman–Crippen LogP) is 5.34. The van der Waals surface area contributed by atoms with E-state index in [1.807, 2.05) is 27.7 Å². The standard InChI is InChI=1S/C28H30FN5O2S/c1-5-19-14-18(3)22(15-24(19)29)23(16-30)26(21(6-2)27-31-12-7-13-32-27)25-9-8-20(17-33-25)37(35,36)34-28(4)10-11-28/h7-9,12-15,17,21,34H,5-6,10-11H2,1-4H3. The van der Waals surface area contributed by atoms with Crippen LogP contribution in [-0.4, -0.2) is 28.9 Å². The monoisotopic (exact) mass is 519 g/mol. The van der Waals surface area contributed by atoms with Crippen LogP contribution < -0.4 is 4.72 Å². The van der Waals surface area contributed by atoms with Crippen molar-refractivity contribution in [2.24, 2.45) is 0 Å². The van der Waals surface area contributed by atoms with Crippen LogP contribution >= 0.6 is 0 Å². The summed E-state index contributed by atoms with van der Waals surface area (Å²) in [5.74, 6) is -0.311. The van der Waals surface area contributed by atoms with Crippen molar-refractivity contribution < 1.29 is 12.8 Å². The van der Waals surface area contributed by atoms with Crippen molar-refractivity contribution in [1.29, 1.82) is 5.26 Å². The molecule has 0 radical (unpaired) electrons. The van der Waals surface area contributed by atoms with Gasteiger partial charge in [-0.3, -0.25) is 4.98 Å². The average molecular weight is 520 g/mol. The van der Waals surface area contributed by atoms with Gasteiger partial charge in [0.1, 0.15) is 22.6 Å². The van der Waals surface area contributed by atoms with Gasteiger partial charge in [0.05, 0.1) is 11.3 Å². The van der Waals surface area contributed by atoms with Crippen LogP contribution in [0.15, 0.2) is 53.8 Å². The van der Waals surface area contributed by atoms with E-state index in [9.17, 15) is 18.1 Å². The van der Waals surface area contributed by atoms with Gasteiger partial charge in [0.2, 0.25) is 10.0 Å². The summed E-state index contributed by atoms with van der Waals surface area (Å²) in [5.41, 5.74) is 2.57. The number of nitrogens with one attached hydrogen (secondary N) is 1. The molecular formula is C28H30FN5O2S. The number of sulfonamides is 1. The molecule has 192 valence electrons. The Kier molecular flexibility index (Phi) is 7.53. The van der Waals surface area contributed by atoms with Crippen LogP contribution in [0.1, 0.15) is 74.2 Å². The molecule has 9 heteroatoms. The molecule has 7 nitrogen and oxygen atoms in total. The molecular weight excluding hydrogens is 489 g/mol. The molecule has 1 aromatic carbocycles. The fourth-order valence-corrected chi connectivity index (χ4v) is 5.82. The molecule has 4 rings (SSSR count). The molecule has 1 atom stereocenters. The van der Waals surface area contributed by atoms with Gasteiger partial charge < -0.3 is 0 Å². The molecule has 0 amide bonds. The van der Waals surface area contributed by atoms with Gasteiger partial charge in [-0.25, -0.2) is 27.5 Å². The van der Waals surface area contributed by atoms with Gasteiger partial charge in [-0.15, -0.1) is 0 Å². The van der Waals surface area contributed by atoms with Crippen LogP contribution in [0.5, 0.6) is 0 Å². The zero-order chi connectivity index (χ0) is 26.8. The molecule has 3 aromatic rings. The maximum Gasteiger partial charge on any atom is 0.242 e. The van der Waals surface area contributed by atoms with E-state index in [-0.39, 0.29) is 16.3 Å². The van der Waals surface area contributed by atoms with E-state index >= 15 is 0 Å². The number of pyridine rings is 1. The molecule has 0 spiro atoms. The number of aryl methyl sites for hydroxylation is 2. The van der Waals surface area contributed by atoms with Crippen molar-refractivity contribution in [3.8, 4) is 6.07 Å². The van der Waals surface area contributed by atoms with E-state index in [1.54, 1.807) is 30.6 Å². The zero-order valence-corrected chi connectivity index (χ0v) is 22.2. The molecule has 2 aromatic heterocycles. The van der Waals surface area contributed by atoms with Crippen molar-refractivity contribution in [2.75, 3.05) is 0 Å². The number of halogens is 1. The van der Waals surface area contributed by atoms with E-state index in [0.717, 1.165) is 18.4 Å². The lowest BCUT2D eigenvalue weighted by atomic mass is 9.84. The normalized spacial score (nSPS) is 16.0. The van der Waals surface area contributed by atoms with Crippen molar-refractivity contribution in [1.82, 2.24) is 19.7 Å². The molecule has 1 unspecified atom stereocenters. The van der Waals surface area contributed by atoms with E-state index in [1.165, 1.54) is 18.3 Å². The number of aromatic nitrogens is 3. The Hall–Kier alpha value is -3.48. The topological polar surface area (TPSA) is 109 Å². The Labute approximate surface area is 217 Å². The van der Waals surface area contributed by atoms with Gasteiger partial charge in [0.25, 0.3) is 0 Å². The minimum Gasteiger partial charge on any atom is -0.255 e. The predicted molar refractivity (Wildman–Crippen MR) is 140 cm³/mol. The van der Waals surface area contributed by atoms with Crippen molar-refractivity contribution in [3.05, 3.63) is 82.9 Å². The molecule has 37 heavy (non-hydrogen) atoms. The fourth-order valence-electron chi connectivity index (χ4n) is 4.41. The van der Waals surface area contributed by atoms with E-state index < -0.39 is 21.5 Å². The van der Waals surface area contributed by atoms with E-state index in [4.69, 9.17) is 0 Å². The minimum atomic E-state index is -3.74. The molecule has 1 aliphatic carbocycles. The SMILES string of the molecule is CCc1cc(C)c(C(C#N)=C(c2ccc(S(=O)(=O)NC3(C)CC3)cn2)C(CC)c2ncccn2)cc1F. The highest BCUT2D eigenvalue weighted by Crippen LogP contribution is 2.40. The highest BCUT2D eigenvalue weighted by atomic mass is 32.2. The smallest absolute Gasteiger partial charge is 0.242 e. The Morgan fingerprint density at radius 1 is 1.19 bits per heavy atom. The van der Waals surface area contributed by atoms with Crippen LogP contribution in [0.25, 0.3) is 11.1 Å². The summed E-state index contributed by atoms with van der Waals surface area (Å²) in [4.78, 5) is 13.4. The van der Waals surface area contributed by atoms with Crippen molar-refractivity contribution in [3.63, 3.8) is 0 Å². The third kappa shape index (κ3) is 5.60. The third-order valence-corrected chi connectivity index (χ3v) is 8.41. The quantitative estimate of drug-likeness (QED) is 0.382. The van der Waals surface area contributed by atoms with Crippen LogP contribution in [0.4, 0.5) is 4.39 Å². The lowest BCUT2D eigenvalue weighted by Crippen LogP contribution is -2.34. The van der Waals surface area contributed by atoms with Crippen LogP contribution in [-0.2, 0) is 16.4 Å². The van der Waals surface area contributed by atoms with Crippen LogP contribution in [0.2, 0.25) is 0 Å². The first-order valence-corrected chi connectivity index (χ1v) is 13.8. The second-order valence-corrected chi connectivity index (χ2v) is 11.3. The second kappa shape index (κ2) is 10.5. The van der Waals surface area contributed by atoms with Gasteiger partial charge in [-0.1, -0.05) is 19.9 Å². The number of allylic oxidation sites excluding steroid dienone is 2. The van der Waals surface area contributed by atoms with E-state index in [2.05, 4.69) is 25.7 Å². The lowest BCUT2D eigenvalue weighted by molar-refractivity contribution is 0.557. The maximum atomic E-state index is 14.9. The molecule has 1 N–H and O–H groups in total. The molecule has 2 heterocycles. The summed E-state index contributed by atoms with van der Waals surface area (Å²) in [6.45, 7) is 7.53.